The molecule has 2 rings (SSSR count). The van der Waals surface area contributed by atoms with E-state index in [0.717, 1.165) is 10.5 Å². The van der Waals surface area contributed by atoms with Crippen LogP contribution in [0.1, 0.15) is 11.1 Å². The summed E-state index contributed by atoms with van der Waals surface area (Å²) in [5, 5.41) is 13.8. The number of nitrogens with zero attached hydrogens (tertiary/aromatic N) is 2. The monoisotopic (exact) mass is 298 g/mol. The first-order valence-corrected chi connectivity index (χ1v) is 6.64. The number of carbonyl (C=O) groups is 3. The Morgan fingerprint density at radius 1 is 1.45 bits per heavy atom. The van der Waals surface area contributed by atoms with Crippen molar-refractivity contribution in [1.82, 2.24) is 15.5 Å². The first kappa shape index (κ1) is 15.3. The lowest BCUT2D eigenvalue weighted by Gasteiger charge is -2.11. The number of amides is 4. The second-order valence-electron chi connectivity index (χ2n) is 4.57. The summed E-state index contributed by atoms with van der Waals surface area (Å²) in [6.07, 6.45) is 2.92. The Morgan fingerprint density at radius 3 is 2.95 bits per heavy atom. The molecule has 0 radical (unpaired) electrons. The van der Waals surface area contributed by atoms with Crippen molar-refractivity contribution in [2.75, 3.05) is 19.6 Å². The Hall–Kier alpha value is -3.14. The van der Waals surface area contributed by atoms with Gasteiger partial charge in [-0.1, -0.05) is 12.1 Å². The van der Waals surface area contributed by atoms with Gasteiger partial charge in [0.2, 0.25) is 11.8 Å². The number of rotatable bonds is 5. The number of imide groups is 1. The second kappa shape index (κ2) is 7.04. The highest BCUT2D eigenvalue weighted by Gasteiger charge is 2.27. The molecule has 1 aromatic rings. The minimum absolute atomic E-state index is 0.00190. The predicted octanol–water partition coefficient (Wildman–Crippen LogP) is 0.239. The molecule has 7 heteroatoms. The van der Waals surface area contributed by atoms with Crippen molar-refractivity contribution in [1.29, 1.82) is 5.26 Å². The van der Waals surface area contributed by atoms with Gasteiger partial charge in [-0.15, -0.1) is 0 Å². The number of benzene rings is 1. The smallest absolute Gasteiger partial charge is 0.324 e. The highest BCUT2D eigenvalue weighted by Crippen LogP contribution is 2.05. The summed E-state index contributed by atoms with van der Waals surface area (Å²) in [4.78, 5) is 35.3. The first-order chi connectivity index (χ1) is 10.6. The maximum atomic E-state index is 11.6. The second-order valence-corrected chi connectivity index (χ2v) is 4.57. The van der Waals surface area contributed by atoms with E-state index in [0.29, 0.717) is 5.56 Å². The van der Waals surface area contributed by atoms with E-state index in [1.54, 1.807) is 30.3 Å². The van der Waals surface area contributed by atoms with Gasteiger partial charge in [-0.3, -0.25) is 14.5 Å². The zero-order chi connectivity index (χ0) is 15.9. The van der Waals surface area contributed by atoms with Gasteiger partial charge in [0.1, 0.15) is 0 Å². The normalized spacial score (nSPS) is 14.0. The van der Waals surface area contributed by atoms with Gasteiger partial charge in [0, 0.05) is 19.2 Å². The van der Waals surface area contributed by atoms with E-state index < -0.39 is 6.03 Å². The van der Waals surface area contributed by atoms with Crippen molar-refractivity contribution in [3.05, 3.63) is 41.5 Å². The van der Waals surface area contributed by atoms with Crippen LogP contribution in [0.4, 0.5) is 4.79 Å². The van der Waals surface area contributed by atoms with Crippen LogP contribution in [0, 0.1) is 11.3 Å². The SMILES string of the molecule is N#Cc1cccc(/C=C/C(=O)NCCN2C(=O)CNC2=O)c1. The van der Waals surface area contributed by atoms with Gasteiger partial charge in [0.05, 0.1) is 18.2 Å². The first-order valence-electron chi connectivity index (χ1n) is 6.64. The molecule has 0 unspecified atom stereocenters. The van der Waals surface area contributed by atoms with Gasteiger partial charge < -0.3 is 10.6 Å². The van der Waals surface area contributed by atoms with Crippen molar-refractivity contribution in [3.63, 3.8) is 0 Å². The molecule has 0 aromatic heterocycles. The largest absolute Gasteiger partial charge is 0.351 e. The molecule has 1 aliphatic rings. The van der Waals surface area contributed by atoms with Crippen LogP contribution >= 0.6 is 0 Å². The lowest BCUT2D eigenvalue weighted by Crippen LogP contribution is -2.38. The van der Waals surface area contributed by atoms with Gasteiger partial charge >= 0.3 is 6.03 Å². The molecular formula is C15H14N4O3. The Balaban J connectivity index is 1.80. The zero-order valence-corrected chi connectivity index (χ0v) is 11.7. The van der Waals surface area contributed by atoms with Crippen LogP contribution in [0.3, 0.4) is 0 Å². The van der Waals surface area contributed by atoms with Crippen molar-refractivity contribution < 1.29 is 14.4 Å². The average Bonchev–Trinajstić information content (AvgIpc) is 2.85. The summed E-state index contributed by atoms with van der Waals surface area (Å²) < 4.78 is 0. The van der Waals surface area contributed by atoms with Crippen LogP contribution in [-0.4, -0.2) is 42.4 Å². The van der Waals surface area contributed by atoms with Crippen molar-refractivity contribution >= 4 is 23.9 Å². The molecule has 2 N–H and O–H groups in total. The maximum absolute atomic E-state index is 11.6. The van der Waals surface area contributed by atoms with E-state index in [1.807, 2.05) is 6.07 Å². The van der Waals surface area contributed by atoms with Gasteiger partial charge in [-0.25, -0.2) is 4.79 Å². The lowest BCUT2D eigenvalue weighted by atomic mass is 10.1. The van der Waals surface area contributed by atoms with Crippen LogP contribution in [0.5, 0.6) is 0 Å². The number of hydrogen-bond acceptors (Lipinski definition) is 4. The zero-order valence-electron chi connectivity index (χ0n) is 11.7. The van der Waals surface area contributed by atoms with Crippen molar-refractivity contribution in [3.8, 4) is 6.07 Å². The van der Waals surface area contributed by atoms with Gasteiger partial charge in [0.25, 0.3) is 0 Å². The lowest BCUT2D eigenvalue weighted by molar-refractivity contribution is -0.125. The highest BCUT2D eigenvalue weighted by molar-refractivity contribution is 6.02. The molecule has 0 saturated carbocycles. The molecular weight excluding hydrogens is 284 g/mol. The molecule has 1 heterocycles. The Bertz CT molecular complexity index is 660. The van der Waals surface area contributed by atoms with Crippen LogP contribution in [0.15, 0.2) is 30.3 Å². The number of nitriles is 1. The predicted molar refractivity (Wildman–Crippen MR) is 78.3 cm³/mol. The van der Waals surface area contributed by atoms with Crippen LogP contribution < -0.4 is 10.6 Å². The quantitative estimate of drug-likeness (QED) is 0.600. The fourth-order valence-electron chi connectivity index (χ4n) is 1.92. The summed E-state index contributed by atoms with van der Waals surface area (Å²) in [7, 11) is 0. The summed E-state index contributed by atoms with van der Waals surface area (Å²) in [6, 6.07) is 8.42. The van der Waals surface area contributed by atoms with Crippen LogP contribution in [-0.2, 0) is 9.59 Å². The van der Waals surface area contributed by atoms with Gasteiger partial charge in [-0.05, 0) is 23.8 Å². The fourth-order valence-corrected chi connectivity index (χ4v) is 1.92. The van der Waals surface area contributed by atoms with E-state index in [9.17, 15) is 14.4 Å². The summed E-state index contributed by atoms with van der Waals surface area (Å²) >= 11 is 0. The number of urea groups is 1. The molecule has 0 aliphatic carbocycles. The van der Waals surface area contributed by atoms with Crippen molar-refractivity contribution in [2.45, 2.75) is 0 Å². The molecule has 1 aliphatic heterocycles. The van der Waals surface area contributed by atoms with E-state index in [-0.39, 0.29) is 31.4 Å². The Morgan fingerprint density at radius 2 is 2.27 bits per heavy atom. The molecule has 4 amide bonds. The molecule has 0 bridgehead atoms. The molecule has 112 valence electrons. The van der Waals surface area contributed by atoms with Gasteiger partial charge in [-0.2, -0.15) is 5.26 Å². The van der Waals surface area contributed by atoms with Gasteiger partial charge in [0.15, 0.2) is 0 Å². The highest BCUT2D eigenvalue weighted by atomic mass is 16.2. The Labute approximate surface area is 127 Å². The van der Waals surface area contributed by atoms with Crippen LogP contribution in [0.2, 0.25) is 0 Å². The maximum Gasteiger partial charge on any atom is 0.324 e. The fraction of sp³-hybridized carbons (Fsp3) is 0.200. The van der Waals surface area contributed by atoms with E-state index in [1.165, 1.54) is 6.08 Å². The number of carbonyl (C=O) groups excluding carboxylic acids is 3. The molecule has 1 fully saturated rings. The average molecular weight is 298 g/mol. The molecule has 0 spiro atoms. The third-order valence-electron chi connectivity index (χ3n) is 3.01. The molecule has 1 aromatic carbocycles. The minimum Gasteiger partial charge on any atom is -0.351 e. The minimum atomic E-state index is -0.442. The van der Waals surface area contributed by atoms with Crippen molar-refractivity contribution in [2.24, 2.45) is 0 Å². The van der Waals surface area contributed by atoms with Crippen LogP contribution in [0.25, 0.3) is 6.08 Å². The number of hydrogen-bond donors (Lipinski definition) is 2. The Kier molecular flexibility index (Phi) is 4.88. The van der Waals surface area contributed by atoms with E-state index in [4.69, 9.17) is 5.26 Å². The number of nitrogens with one attached hydrogen (secondary N) is 2. The third-order valence-corrected chi connectivity index (χ3v) is 3.01. The molecule has 1 saturated heterocycles. The molecule has 0 atom stereocenters. The molecule has 22 heavy (non-hydrogen) atoms. The third kappa shape index (κ3) is 3.93. The molecule has 7 nitrogen and oxygen atoms in total. The summed E-state index contributed by atoms with van der Waals surface area (Å²) in [5.74, 6) is -0.641. The topological polar surface area (TPSA) is 102 Å². The summed E-state index contributed by atoms with van der Waals surface area (Å²) in [6.45, 7) is 0.316. The summed E-state index contributed by atoms with van der Waals surface area (Å²) in [5.41, 5.74) is 1.25. The van der Waals surface area contributed by atoms with E-state index in [2.05, 4.69) is 10.6 Å². The van der Waals surface area contributed by atoms with E-state index >= 15 is 0 Å². The standard InChI is InChI=1S/C15H14N4O3/c16-9-12-3-1-2-11(8-12)4-5-13(20)17-6-7-19-14(21)10-18-15(19)22/h1-5,8H,6-7,10H2,(H,17,20)(H,18,22)/b5-4+.